The molecule has 1 aromatic rings. The molecule has 0 radical (unpaired) electrons. The average molecular weight is 263 g/mol. The topological polar surface area (TPSA) is 38.3 Å². The van der Waals surface area contributed by atoms with Gasteiger partial charge in [-0.25, -0.2) is 0 Å². The van der Waals surface area contributed by atoms with Crippen molar-refractivity contribution in [1.29, 1.82) is 0 Å². The average Bonchev–Trinajstić information content (AvgIpc) is 2.36. The predicted octanol–water partition coefficient (Wildman–Crippen LogP) is 3.84. The van der Waals surface area contributed by atoms with Crippen molar-refractivity contribution in [3.05, 3.63) is 29.8 Å². The van der Waals surface area contributed by atoms with Crippen molar-refractivity contribution in [3.8, 4) is 5.75 Å². The maximum atomic E-state index is 11.7. The summed E-state index contributed by atoms with van der Waals surface area (Å²) in [4.78, 5) is 11.7. The van der Waals surface area contributed by atoms with Crippen LogP contribution in [0.25, 0.3) is 0 Å². The number of carbonyl (C=O) groups excluding carboxylic acids is 1. The van der Waals surface area contributed by atoms with Crippen molar-refractivity contribution < 1.29 is 9.53 Å². The second-order valence-corrected chi connectivity index (χ2v) is 5.13. The molecule has 1 unspecified atom stereocenters. The van der Waals surface area contributed by atoms with Crippen LogP contribution in [0.4, 0.5) is 0 Å². The lowest BCUT2D eigenvalue weighted by Gasteiger charge is -2.15. The van der Waals surface area contributed by atoms with Gasteiger partial charge in [0.1, 0.15) is 5.75 Å². The fraction of sp³-hybridized carbons (Fsp3) is 0.562. The molecule has 3 heteroatoms. The smallest absolute Gasteiger partial charge is 0.220 e. The van der Waals surface area contributed by atoms with E-state index in [0.29, 0.717) is 6.42 Å². The quantitative estimate of drug-likeness (QED) is 0.811. The zero-order valence-electron chi connectivity index (χ0n) is 12.4. The molecule has 0 saturated carbocycles. The number of benzene rings is 1. The summed E-state index contributed by atoms with van der Waals surface area (Å²) in [5, 5.41) is 3.01. The van der Waals surface area contributed by atoms with E-state index in [0.717, 1.165) is 24.2 Å². The summed E-state index contributed by atoms with van der Waals surface area (Å²) in [6.07, 6.45) is 2.77. The van der Waals surface area contributed by atoms with Crippen molar-refractivity contribution in [3.63, 3.8) is 0 Å². The molecular formula is C16H25NO2. The molecule has 0 aliphatic carbocycles. The summed E-state index contributed by atoms with van der Waals surface area (Å²) in [6.45, 7) is 8.10. The zero-order chi connectivity index (χ0) is 14.3. The third-order valence-electron chi connectivity index (χ3n) is 2.89. The van der Waals surface area contributed by atoms with Gasteiger partial charge in [0.2, 0.25) is 5.91 Å². The largest absolute Gasteiger partial charge is 0.491 e. The van der Waals surface area contributed by atoms with Gasteiger partial charge in [-0.1, -0.05) is 25.5 Å². The van der Waals surface area contributed by atoms with Gasteiger partial charge in [-0.05, 0) is 44.9 Å². The highest BCUT2D eigenvalue weighted by Crippen LogP contribution is 2.18. The Morgan fingerprint density at radius 2 is 1.84 bits per heavy atom. The highest BCUT2D eigenvalue weighted by molar-refractivity contribution is 5.76. The summed E-state index contributed by atoms with van der Waals surface area (Å²) < 4.78 is 5.60. The SMILES string of the molecule is CCCCC(=O)NC(C)c1ccc(OC(C)C)cc1. The van der Waals surface area contributed by atoms with E-state index in [-0.39, 0.29) is 18.1 Å². The molecule has 1 atom stereocenters. The molecule has 0 aliphatic rings. The monoisotopic (exact) mass is 263 g/mol. The third-order valence-corrected chi connectivity index (χ3v) is 2.89. The van der Waals surface area contributed by atoms with E-state index in [2.05, 4.69) is 12.2 Å². The third kappa shape index (κ3) is 5.77. The van der Waals surface area contributed by atoms with E-state index in [9.17, 15) is 4.79 Å². The van der Waals surface area contributed by atoms with Crippen LogP contribution in [-0.4, -0.2) is 12.0 Å². The Hall–Kier alpha value is -1.51. The predicted molar refractivity (Wildman–Crippen MR) is 78.3 cm³/mol. The van der Waals surface area contributed by atoms with Crippen molar-refractivity contribution in [1.82, 2.24) is 5.32 Å². The Balaban J connectivity index is 2.52. The Bertz CT molecular complexity index is 384. The second kappa shape index (κ2) is 7.82. The van der Waals surface area contributed by atoms with Crippen molar-refractivity contribution in [2.75, 3.05) is 0 Å². The van der Waals surface area contributed by atoms with Crippen LogP contribution >= 0.6 is 0 Å². The summed E-state index contributed by atoms with van der Waals surface area (Å²) in [7, 11) is 0. The lowest BCUT2D eigenvalue weighted by Crippen LogP contribution is -2.26. The molecule has 1 rings (SSSR count). The first kappa shape index (κ1) is 15.5. The maximum absolute atomic E-state index is 11.7. The maximum Gasteiger partial charge on any atom is 0.220 e. The molecular weight excluding hydrogens is 238 g/mol. The number of nitrogens with one attached hydrogen (secondary N) is 1. The van der Waals surface area contributed by atoms with E-state index < -0.39 is 0 Å². The van der Waals surface area contributed by atoms with Crippen molar-refractivity contribution in [2.45, 2.75) is 59.1 Å². The summed E-state index contributed by atoms with van der Waals surface area (Å²) in [5.41, 5.74) is 1.10. The Labute approximate surface area is 116 Å². The minimum absolute atomic E-state index is 0.0393. The number of carbonyl (C=O) groups is 1. The van der Waals surface area contributed by atoms with Crippen LogP contribution < -0.4 is 10.1 Å². The van der Waals surface area contributed by atoms with E-state index in [1.165, 1.54) is 0 Å². The minimum Gasteiger partial charge on any atom is -0.491 e. The van der Waals surface area contributed by atoms with Gasteiger partial charge in [-0.15, -0.1) is 0 Å². The first-order chi connectivity index (χ1) is 9.02. The molecule has 0 bridgehead atoms. The molecule has 0 aliphatic heterocycles. The Morgan fingerprint density at radius 1 is 1.21 bits per heavy atom. The Kier molecular flexibility index (Phi) is 6.40. The van der Waals surface area contributed by atoms with Crippen LogP contribution in [0.2, 0.25) is 0 Å². The van der Waals surface area contributed by atoms with Crippen LogP contribution in [0.15, 0.2) is 24.3 Å². The normalized spacial score (nSPS) is 12.3. The molecule has 0 spiro atoms. The fourth-order valence-electron chi connectivity index (χ4n) is 1.84. The first-order valence-corrected chi connectivity index (χ1v) is 7.09. The molecule has 0 fully saturated rings. The van der Waals surface area contributed by atoms with Crippen LogP contribution in [0.5, 0.6) is 5.75 Å². The first-order valence-electron chi connectivity index (χ1n) is 7.09. The van der Waals surface area contributed by atoms with Gasteiger partial charge in [-0.3, -0.25) is 4.79 Å². The Morgan fingerprint density at radius 3 is 2.37 bits per heavy atom. The van der Waals surface area contributed by atoms with Gasteiger partial charge < -0.3 is 10.1 Å². The van der Waals surface area contributed by atoms with Gasteiger partial charge in [0, 0.05) is 6.42 Å². The molecule has 3 nitrogen and oxygen atoms in total. The number of hydrogen-bond donors (Lipinski definition) is 1. The molecule has 0 aromatic heterocycles. The molecule has 0 saturated heterocycles. The van der Waals surface area contributed by atoms with E-state index in [4.69, 9.17) is 4.74 Å². The van der Waals surface area contributed by atoms with Crippen molar-refractivity contribution in [2.24, 2.45) is 0 Å². The summed E-state index contributed by atoms with van der Waals surface area (Å²) >= 11 is 0. The fourth-order valence-corrected chi connectivity index (χ4v) is 1.84. The molecule has 106 valence electrons. The van der Waals surface area contributed by atoms with Gasteiger partial charge in [0.15, 0.2) is 0 Å². The van der Waals surface area contributed by atoms with Gasteiger partial charge >= 0.3 is 0 Å². The second-order valence-electron chi connectivity index (χ2n) is 5.13. The van der Waals surface area contributed by atoms with Crippen molar-refractivity contribution >= 4 is 5.91 Å². The number of unbranched alkanes of at least 4 members (excludes halogenated alkanes) is 1. The summed E-state index contributed by atoms with van der Waals surface area (Å²) in [6, 6.07) is 7.94. The minimum atomic E-state index is 0.0393. The molecule has 1 aromatic carbocycles. The number of hydrogen-bond acceptors (Lipinski definition) is 2. The van der Waals surface area contributed by atoms with Gasteiger partial charge in [0.25, 0.3) is 0 Å². The summed E-state index contributed by atoms with van der Waals surface area (Å²) in [5.74, 6) is 0.986. The molecule has 19 heavy (non-hydrogen) atoms. The molecule has 1 N–H and O–H groups in total. The van der Waals surface area contributed by atoms with Gasteiger partial charge in [0.05, 0.1) is 12.1 Å². The zero-order valence-corrected chi connectivity index (χ0v) is 12.4. The van der Waals surface area contributed by atoms with E-state index >= 15 is 0 Å². The molecule has 0 heterocycles. The van der Waals surface area contributed by atoms with E-state index in [1.807, 2.05) is 45.0 Å². The van der Waals surface area contributed by atoms with Crippen LogP contribution in [0, 0.1) is 0 Å². The van der Waals surface area contributed by atoms with Crippen LogP contribution in [-0.2, 0) is 4.79 Å². The standard InChI is InChI=1S/C16H25NO2/c1-5-6-7-16(18)17-13(4)14-8-10-15(11-9-14)19-12(2)3/h8-13H,5-7H2,1-4H3,(H,17,18). The highest BCUT2D eigenvalue weighted by Gasteiger charge is 2.09. The number of amides is 1. The lowest BCUT2D eigenvalue weighted by atomic mass is 10.1. The van der Waals surface area contributed by atoms with Crippen LogP contribution in [0.1, 0.15) is 58.6 Å². The molecule has 1 amide bonds. The highest BCUT2D eigenvalue weighted by atomic mass is 16.5. The number of rotatable bonds is 7. The van der Waals surface area contributed by atoms with Crippen LogP contribution in [0.3, 0.4) is 0 Å². The number of ether oxygens (including phenoxy) is 1. The lowest BCUT2D eigenvalue weighted by molar-refractivity contribution is -0.121. The van der Waals surface area contributed by atoms with E-state index in [1.54, 1.807) is 0 Å². The van der Waals surface area contributed by atoms with Gasteiger partial charge in [-0.2, -0.15) is 0 Å².